The number of methoxy groups -OCH3 is 1. The van der Waals surface area contributed by atoms with Gasteiger partial charge in [0.05, 0.1) is 7.11 Å². The number of carbonyl (C=O) groups is 2. The molecule has 4 nitrogen and oxygen atoms in total. The van der Waals surface area contributed by atoms with Gasteiger partial charge in [-0.3, -0.25) is 4.79 Å². The van der Waals surface area contributed by atoms with Crippen LogP contribution in [0.2, 0.25) is 0 Å². The maximum Gasteiger partial charge on any atom is 0.328 e. The van der Waals surface area contributed by atoms with Crippen LogP contribution in [0.1, 0.15) is 62.1 Å². The Bertz CT molecular complexity index is 1150. The van der Waals surface area contributed by atoms with E-state index in [1.165, 1.54) is 51.0 Å². The molecule has 0 amide bonds. The van der Waals surface area contributed by atoms with Gasteiger partial charge >= 0.3 is 5.97 Å². The normalized spacial score (nSPS) is 27.5. The van der Waals surface area contributed by atoms with Crippen molar-refractivity contribution >= 4 is 23.9 Å². The molecule has 4 aliphatic rings. The van der Waals surface area contributed by atoms with Crippen molar-refractivity contribution < 1.29 is 19.4 Å². The Hall–Kier alpha value is -3.14. The van der Waals surface area contributed by atoms with E-state index in [1.54, 1.807) is 19.3 Å². The summed E-state index contributed by atoms with van der Waals surface area (Å²) in [6, 6.07) is 12.4. The van der Waals surface area contributed by atoms with Gasteiger partial charge in [-0.25, -0.2) is 4.79 Å². The molecule has 0 atom stereocenters. The highest BCUT2D eigenvalue weighted by molar-refractivity contribution is 5.93. The molecule has 4 bridgehead atoms. The molecular formula is C30H32O4. The number of ether oxygens (including phenoxy) is 1. The van der Waals surface area contributed by atoms with Gasteiger partial charge in [0.1, 0.15) is 5.75 Å². The van der Waals surface area contributed by atoms with E-state index in [4.69, 9.17) is 9.84 Å². The van der Waals surface area contributed by atoms with E-state index in [1.807, 2.05) is 24.3 Å². The summed E-state index contributed by atoms with van der Waals surface area (Å²) in [4.78, 5) is 22.6. The van der Waals surface area contributed by atoms with Gasteiger partial charge in [-0.2, -0.15) is 0 Å². The predicted octanol–water partition coefficient (Wildman–Crippen LogP) is 6.53. The maximum absolute atomic E-state index is 11.7. The standard InChI is InChI=1S/C30H32O4/c1-19(31)3-6-24-14-20(5-10-29(32)33)4-8-26(24)25-7-9-28(34-2)27(15-25)30-16-21-11-22(17-30)13-23(12-21)18-30/h3-10,14-15,21-23H,11-13,16-18H2,1-2H3,(H,32,33). The van der Waals surface area contributed by atoms with Crippen LogP contribution in [0.25, 0.3) is 23.3 Å². The quantitative estimate of drug-likeness (QED) is 0.481. The number of hydrogen-bond acceptors (Lipinski definition) is 3. The average molecular weight is 457 g/mol. The fourth-order valence-electron chi connectivity index (χ4n) is 7.19. The third-order valence-corrected chi connectivity index (χ3v) is 8.11. The van der Waals surface area contributed by atoms with E-state index >= 15 is 0 Å². The molecule has 0 heterocycles. The van der Waals surface area contributed by atoms with E-state index in [9.17, 15) is 9.59 Å². The zero-order chi connectivity index (χ0) is 23.9. The first-order chi connectivity index (χ1) is 16.3. The SMILES string of the molecule is COc1ccc(-c2ccc(C=CC(=O)O)cc2C=CC(C)=O)cc1C12CC3CC(CC(C3)C1)C2. The number of carboxylic acid groups (broad SMARTS) is 1. The lowest BCUT2D eigenvalue weighted by molar-refractivity contribution is -0.131. The molecule has 0 aliphatic heterocycles. The minimum Gasteiger partial charge on any atom is -0.496 e. The van der Waals surface area contributed by atoms with E-state index in [0.717, 1.165) is 51.8 Å². The Morgan fingerprint density at radius 3 is 2.21 bits per heavy atom. The number of hydrogen-bond donors (Lipinski definition) is 1. The summed E-state index contributed by atoms with van der Waals surface area (Å²) < 4.78 is 5.89. The Morgan fingerprint density at radius 1 is 0.941 bits per heavy atom. The first kappa shape index (κ1) is 22.6. The molecule has 0 radical (unpaired) electrons. The molecule has 2 aromatic carbocycles. The van der Waals surface area contributed by atoms with Crippen molar-refractivity contribution in [1.29, 1.82) is 0 Å². The minimum atomic E-state index is -0.986. The molecule has 4 heteroatoms. The molecule has 2 aromatic rings. The van der Waals surface area contributed by atoms with Crippen molar-refractivity contribution in [2.24, 2.45) is 17.8 Å². The van der Waals surface area contributed by atoms with Crippen LogP contribution in [0.4, 0.5) is 0 Å². The molecule has 0 saturated heterocycles. The van der Waals surface area contributed by atoms with Crippen molar-refractivity contribution in [3.8, 4) is 16.9 Å². The molecule has 1 N–H and O–H groups in total. The summed E-state index contributed by atoms with van der Waals surface area (Å²) in [5, 5.41) is 8.99. The van der Waals surface area contributed by atoms with Gasteiger partial charge in [-0.05, 0) is 121 Å². The zero-order valence-corrected chi connectivity index (χ0v) is 19.9. The number of allylic oxidation sites excluding steroid dienone is 1. The number of carbonyl (C=O) groups excluding carboxylic acids is 1. The summed E-state index contributed by atoms with van der Waals surface area (Å²) >= 11 is 0. The van der Waals surface area contributed by atoms with Gasteiger partial charge < -0.3 is 9.84 Å². The highest BCUT2D eigenvalue weighted by Gasteiger charge is 2.52. The van der Waals surface area contributed by atoms with Crippen LogP contribution in [-0.4, -0.2) is 24.0 Å². The monoisotopic (exact) mass is 456 g/mol. The summed E-state index contributed by atoms with van der Waals surface area (Å²) in [5.41, 5.74) is 5.34. The first-order valence-electron chi connectivity index (χ1n) is 12.3. The summed E-state index contributed by atoms with van der Waals surface area (Å²) in [7, 11) is 1.77. The first-order valence-corrected chi connectivity index (χ1v) is 12.3. The Morgan fingerprint density at radius 2 is 1.62 bits per heavy atom. The van der Waals surface area contributed by atoms with Gasteiger partial charge in [0.2, 0.25) is 0 Å². The Kier molecular flexibility index (Phi) is 5.93. The van der Waals surface area contributed by atoms with Crippen molar-refractivity contribution in [1.82, 2.24) is 0 Å². The van der Waals surface area contributed by atoms with Crippen molar-refractivity contribution in [3.63, 3.8) is 0 Å². The van der Waals surface area contributed by atoms with Crippen molar-refractivity contribution in [2.45, 2.75) is 50.9 Å². The third kappa shape index (κ3) is 4.34. The second kappa shape index (κ2) is 8.90. The highest BCUT2D eigenvalue weighted by atomic mass is 16.5. The molecule has 0 unspecified atom stereocenters. The number of rotatable bonds is 7. The summed E-state index contributed by atoms with van der Waals surface area (Å²) in [6.07, 6.45) is 14.1. The Balaban J connectivity index is 1.59. The second-order valence-electron chi connectivity index (χ2n) is 10.6. The lowest BCUT2D eigenvalue weighted by Crippen LogP contribution is -2.48. The van der Waals surface area contributed by atoms with Gasteiger partial charge in [0.25, 0.3) is 0 Å². The summed E-state index contributed by atoms with van der Waals surface area (Å²) in [6.45, 7) is 1.53. The van der Waals surface area contributed by atoms with Gasteiger partial charge in [0, 0.05) is 11.6 Å². The lowest BCUT2D eigenvalue weighted by Gasteiger charge is -2.57. The van der Waals surface area contributed by atoms with Crippen molar-refractivity contribution in [2.75, 3.05) is 7.11 Å². The highest BCUT2D eigenvalue weighted by Crippen LogP contribution is 2.62. The zero-order valence-electron chi connectivity index (χ0n) is 19.9. The van der Waals surface area contributed by atoms with Crippen molar-refractivity contribution in [3.05, 3.63) is 65.2 Å². The number of ketones is 1. The lowest BCUT2D eigenvalue weighted by atomic mass is 9.48. The van der Waals surface area contributed by atoms with Gasteiger partial charge in [-0.1, -0.05) is 24.3 Å². The molecule has 0 aromatic heterocycles. The molecule has 4 saturated carbocycles. The fourth-order valence-corrected chi connectivity index (χ4v) is 7.19. The Labute approximate surface area is 201 Å². The van der Waals surface area contributed by atoms with Gasteiger partial charge in [0.15, 0.2) is 5.78 Å². The predicted molar refractivity (Wildman–Crippen MR) is 135 cm³/mol. The largest absolute Gasteiger partial charge is 0.496 e. The summed E-state index contributed by atoms with van der Waals surface area (Å²) in [5.74, 6) is 2.49. The molecule has 4 aliphatic carbocycles. The molecular weight excluding hydrogens is 424 g/mol. The molecule has 34 heavy (non-hydrogen) atoms. The number of aliphatic carboxylic acids is 1. The molecule has 0 spiro atoms. The van der Waals surface area contributed by atoms with Crippen LogP contribution in [0.3, 0.4) is 0 Å². The van der Waals surface area contributed by atoms with E-state index in [-0.39, 0.29) is 11.2 Å². The minimum absolute atomic E-state index is 0.0265. The maximum atomic E-state index is 11.7. The van der Waals surface area contributed by atoms with Crippen LogP contribution < -0.4 is 4.74 Å². The number of carboxylic acids is 1. The van der Waals surface area contributed by atoms with Crippen LogP contribution in [-0.2, 0) is 15.0 Å². The molecule has 4 fully saturated rings. The van der Waals surface area contributed by atoms with Gasteiger partial charge in [-0.15, -0.1) is 0 Å². The topological polar surface area (TPSA) is 63.6 Å². The van der Waals surface area contributed by atoms with Crippen LogP contribution in [0.5, 0.6) is 5.75 Å². The van der Waals surface area contributed by atoms with Crippen LogP contribution in [0, 0.1) is 17.8 Å². The van der Waals surface area contributed by atoms with E-state index in [0.29, 0.717) is 0 Å². The molecule has 6 rings (SSSR count). The van der Waals surface area contributed by atoms with E-state index < -0.39 is 5.97 Å². The third-order valence-electron chi connectivity index (χ3n) is 8.11. The second-order valence-corrected chi connectivity index (χ2v) is 10.6. The van der Waals surface area contributed by atoms with E-state index in [2.05, 4.69) is 18.2 Å². The fraction of sp³-hybridized carbons (Fsp3) is 0.400. The number of benzene rings is 2. The van der Waals surface area contributed by atoms with Crippen LogP contribution >= 0.6 is 0 Å². The molecule has 176 valence electrons. The smallest absolute Gasteiger partial charge is 0.328 e. The average Bonchev–Trinajstić information content (AvgIpc) is 2.80. The van der Waals surface area contributed by atoms with Crippen LogP contribution in [0.15, 0.2) is 48.6 Å².